The molecule has 0 aliphatic carbocycles. The van der Waals surface area contributed by atoms with Crippen LogP contribution in [0.15, 0.2) is 18.3 Å². The summed E-state index contributed by atoms with van der Waals surface area (Å²) in [5.74, 6) is 0.892. The molecule has 1 saturated heterocycles. The second-order valence-electron chi connectivity index (χ2n) is 6.85. The molecule has 0 unspecified atom stereocenters. The summed E-state index contributed by atoms with van der Waals surface area (Å²) in [7, 11) is 1.98. The number of imidazole rings is 1. The van der Waals surface area contributed by atoms with Gasteiger partial charge in [0.05, 0.1) is 11.7 Å². The minimum Gasteiger partial charge on any atom is -0.336 e. The van der Waals surface area contributed by atoms with E-state index < -0.39 is 0 Å². The molecule has 0 aromatic carbocycles. The fourth-order valence-electron chi connectivity index (χ4n) is 3.76. The van der Waals surface area contributed by atoms with Gasteiger partial charge in [-0.1, -0.05) is 0 Å². The number of aromatic nitrogens is 5. The Morgan fingerprint density at radius 3 is 2.68 bits per heavy atom. The molecule has 0 saturated carbocycles. The number of fused-ring (bicyclic) bond motifs is 1. The zero-order chi connectivity index (χ0) is 17.7. The zero-order valence-corrected chi connectivity index (χ0v) is 15.0. The van der Waals surface area contributed by atoms with E-state index in [4.69, 9.17) is 0 Å². The van der Waals surface area contributed by atoms with Crippen LogP contribution in [-0.4, -0.2) is 41.5 Å². The highest BCUT2D eigenvalue weighted by atomic mass is 16.2. The summed E-state index contributed by atoms with van der Waals surface area (Å²) < 4.78 is 3.75. The van der Waals surface area contributed by atoms with E-state index in [0.717, 1.165) is 42.3 Å². The molecule has 3 aromatic rings. The Morgan fingerprint density at radius 2 is 1.96 bits per heavy atom. The van der Waals surface area contributed by atoms with Gasteiger partial charge in [0.25, 0.3) is 5.91 Å². The number of carbonyl (C=O) groups is 1. The van der Waals surface area contributed by atoms with Crippen molar-refractivity contribution in [2.75, 3.05) is 6.54 Å². The van der Waals surface area contributed by atoms with Crippen molar-refractivity contribution in [1.82, 2.24) is 29.0 Å². The average Bonchev–Trinajstić information content (AvgIpc) is 3.24. The van der Waals surface area contributed by atoms with Crippen LogP contribution in [0, 0.1) is 20.8 Å². The van der Waals surface area contributed by atoms with Crippen molar-refractivity contribution in [3.8, 4) is 0 Å². The Labute approximate surface area is 146 Å². The lowest BCUT2D eigenvalue weighted by Gasteiger charge is -2.23. The Morgan fingerprint density at radius 1 is 1.16 bits per heavy atom. The lowest BCUT2D eigenvalue weighted by Crippen LogP contribution is -2.32. The predicted molar refractivity (Wildman–Crippen MR) is 93.4 cm³/mol. The summed E-state index contributed by atoms with van der Waals surface area (Å²) in [6.45, 7) is 6.62. The summed E-state index contributed by atoms with van der Waals surface area (Å²) in [4.78, 5) is 24.1. The number of carbonyl (C=O) groups excluding carboxylic acids is 1. The highest BCUT2D eigenvalue weighted by Gasteiger charge is 2.34. The Bertz CT molecular complexity index is 970. The number of rotatable bonds is 2. The van der Waals surface area contributed by atoms with Crippen molar-refractivity contribution < 1.29 is 4.79 Å². The van der Waals surface area contributed by atoms with Crippen LogP contribution in [0.3, 0.4) is 0 Å². The quantitative estimate of drug-likeness (QED) is 0.719. The van der Waals surface area contributed by atoms with Gasteiger partial charge in [-0.3, -0.25) is 4.79 Å². The van der Waals surface area contributed by atoms with Crippen LogP contribution >= 0.6 is 0 Å². The number of likely N-dealkylation sites (tertiary alicyclic amines) is 1. The summed E-state index contributed by atoms with van der Waals surface area (Å²) in [6.07, 6.45) is 3.91. The molecule has 1 aliphatic rings. The molecule has 0 N–H and O–H groups in total. The second-order valence-corrected chi connectivity index (χ2v) is 6.85. The first kappa shape index (κ1) is 15.8. The first-order valence-corrected chi connectivity index (χ1v) is 8.59. The molecule has 0 bridgehead atoms. The maximum atomic E-state index is 13.1. The van der Waals surface area contributed by atoms with Crippen LogP contribution < -0.4 is 0 Å². The third-order valence-electron chi connectivity index (χ3n) is 4.80. The number of hydrogen-bond donors (Lipinski definition) is 0. The number of hydrogen-bond acceptors (Lipinski definition) is 4. The smallest absolute Gasteiger partial charge is 0.275 e. The maximum Gasteiger partial charge on any atom is 0.275 e. The van der Waals surface area contributed by atoms with Crippen LogP contribution in [0.25, 0.3) is 5.65 Å². The topological polar surface area (TPSA) is 68.3 Å². The molecule has 0 spiro atoms. The van der Waals surface area contributed by atoms with Gasteiger partial charge < -0.3 is 9.47 Å². The van der Waals surface area contributed by atoms with E-state index in [0.29, 0.717) is 11.3 Å². The van der Waals surface area contributed by atoms with Crippen molar-refractivity contribution in [2.24, 2.45) is 7.05 Å². The average molecular weight is 338 g/mol. The highest BCUT2D eigenvalue weighted by Crippen LogP contribution is 2.32. The maximum absolute atomic E-state index is 13.1. The van der Waals surface area contributed by atoms with Gasteiger partial charge in [-0.15, -0.1) is 0 Å². The van der Waals surface area contributed by atoms with Gasteiger partial charge in [0, 0.05) is 37.2 Å². The fraction of sp³-hybridized carbons (Fsp3) is 0.444. The van der Waals surface area contributed by atoms with Crippen LogP contribution in [0.1, 0.15) is 52.3 Å². The van der Waals surface area contributed by atoms with Gasteiger partial charge in [-0.05, 0) is 39.7 Å². The minimum absolute atomic E-state index is 0.00630. The largest absolute Gasteiger partial charge is 0.336 e. The van der Waals surface area contributed by atoms with Crippen LogP contribution in [0.5, 0.6) is 0 Å². The van der Waals surface area contributed by atoms with Crippen molar-refractivity contribution in [3.63, 3.8) is 0 Å². The van der Waals surface area contributed by atoms with Crippen molar-refractivity contribution in [3.05, 3.63) is 46.9 Å². The van der Waals surface area contributed by atoms with E-state index in [1.807, 2.05) is 49.5 Å². The molecule has 3 aromatic heterocycles. The molecule has 4 rings (SSSR count). The van der Waals surface area contributed by atoms with E-state index in [1.165, 1.54) is 0 Å². The van der Waals surface area contributed by atoms with Crippen molar-refractivity contribution >= 4 is 11.6 Å². The van der Waals surface area contributed by atoms with E-state index in [-0.39, 0.29) is 11.9 Å². The van der Waals surface area contributed by atoms with E-state index in [2.05, 4.69) is 15.1 Å². The number of aryl methyl sites for hydroxylation is 4. The SMILES string of the molecule is Cc1cn(C)c([C@@H]2CCCN2C(=O)c2cc3nc(C)cc(C)n3n2)n1. The van der Waals surface area contributed by atoms with E-state index >= 15 is 0 Å². The summed E-state index contributed by atoms with van der Waals surface area (Å²) in [5.41, 5.74) is 4.02. The van der Waals surface area contributed by atoms with Crippen LogP contribution in [0.2, 0.25) is 0 Å². The zero-order valence-electron chi connectivity index (χ0n) is 15.0. The molecule has 1 atom stereocenters. The Balaban J connectivity index is 1.70. The van der Waals surface area contributed by atoms with Crippen LogP contribution in [-0.2, 0) is 7.05 Å². The lowest BCUT2D eigenvalue weighted by atomic mass is 10.2. The monoisotopic (exact) mass is 338 g/mol. The molecular weight excluding hydrogens is 316 g/mol. The standard InChI is InChI=1S/C18H22N6O/c1-11-8-13(3)24-16(19-11)9-14(21-24)18(25)23-7-5-6-15(23)17-20-12(2)10-22(17)4/h8-10,15H,5-7H2,1-4H3/t15-/m0/s1. The molecule has 7 heteroatoms. The Kier molecular flexibility index (Phi) is 3.59. The third kappa shape index (κ3) is 2.59. The molecular formula is C18H22N6O. The summed E-state index contributed by atoms with van der Waals surface area (Å²) in [5, 5.41) is 4.49. The van der Waals surface area contributed by atoms with Gasteiger partial charge in [0.1, 0.15) is 5.82 Å². The highest BCUT2D eigenvalue weighted by molar-refractivity contribution is 5.93. The molecule has 130 valence electrons. The van der Waals surface area contributed by atoms with Crippen LogP contribution in [0.4, 0.5) is 0 Å². The second kappa shape index (κ2) is 5.68. The molecule has 7 nitrogen and oxygen atoms in total. The van der Waals surface area contributed by atoms with Crippen molar-refractivity contribution in [2.45, 2.75) is 39.7 Å². The third-order valence-corrected chi connectivity index (χ3v) is 4.80. The van der Waals surface area contributed by atoms with Gasteiger partial charge in [0.15, 0.2) is 11.3 Å². The number of amides is 1. The molecule has 1 amide bonds. The molecule has 4 heterocycles. The van der Waals surface area contributed by atoms with E-state index in [9.17, 15) is 4.79 Å². The first-order chi connectivity index (χ1) is 11.9. The predicted octanol–water partition coefficient (Wildman–Crippen LogP) is 2.37. The summed E-state index contributed by atoms with van der Waals surface area (Å²) in [6, 6.07) is 3.75. The normalized spacial score (nSPS) is 17.6. The first-order valence-electron chi connectivity index (χ1n) is 8.59. The van der Waals surface area contributed by atoms with Gasteiger partial charge >= 0.3 is 0 Å². The molecule has 25 heavy (non-hydrogen) atoms. The lowest BCUT2D eigenvalue weighted by molar-refractivity contribution is 0.0721. The fourth-order valence-corrected chi connectivity index (χ4v) is 3.76. The van der Waals surface area contributed by atoms with Gasteiger partial charge in [-0.2, -0.15) is 5.10 Å². The van der Waals surface area contributed by atoms with Gasteiger partial charge in [-0.25, -0.2) is 14.5 Å². The molecule has 1 fully saturated rings. The Hall–Kier alpha value is -2.70. The number of nitrogens with zero attached hydrogens (tertiary/aromatic N) is 6. The van der Waals surface area contributed by atoms with Gasteiger partial charge in [0.2, 0.25) is 0 Å². The summed E-state index contributed by atoms with van der Waals surface area (Å²) >= 11 is 0. The minimum atomic E-state index is -0.0503. The molecule has 0 radical (unpaired) electrons. The molecule has 1 aliphatic heterocycles. The van der Waals surface area contributed by atoms with Crippen molar-refractivity contribution in [1.29, 1.82) is 0 Å². The van der Waals surface area contributed by atoms with E-state index in [1.54, 1.807) is 10.6 Å².